The van der Waals surface area contributed by atoms with Gasteiger partial charge in [-0.05, 0) is 18.2 Å². The first-order chi connectivity index (χ1) is 15.4. The van der Waals surface area contributed by atoms with Crippen molar-refractivity contribution in [3.8, 4) is 0 Å². The van der Waals surface area contributed by atoms with Gasteiger partial charge in [-0.25, -0.2) is 19.2 Å². The number of aromatic nitrogens is 4. The Bertz CT molecular complexity index is 1610. The summed E-state index contributed by atoms with van der Waals surface area (Å²) in [5.41, 5.74) is -1.88. The zero-order chi connectivity index (χ0) is 22.6. The molecule has 1 aromatic carbocycles. The highest BCUT2D eigenvalue weighted by Crippen LogP contribution is 2.30. The fourth-order valence-electron chi connectivity index (χ4n) is 3.35. The second kappa shape index (κ2) is 6.91. The number of benzene rings is 1. The van der Waals surface area contributed by atoms with Crippen LogP contribution < -0.4 is 11.3 Å². The van der Waals surface area contributed by atoms with Crippen LogP contribution in [0.1, 0.15) is 21.0 Å². The van der Waals surface area contributed by atoms with Gasteiger partial charge in [0.25, 0.3) is 0 Å². The number of fused-ring (bicyclic) bond motifs is 6. The summed E-state index contributed by atoms with van der Waals surface area (Å²) < 4.78 is 19.9. The van der Waals surface area contributed by atoms with E-state index in [1.54, 1.807) is 6.07 Å². The largest absolute Gasteiger partial charge is 0.464 e. The number of carbonyl (C=O) groups excluding carboxylic acids is 2. The van der Waals surface area contributed by atoms with Gasteiger partial charge in [0.2, 0.25) is 0 Å². The van der Waals surface area contributed by atoms with Crippen LogP contribution in [0.5, 0.6) is 0 Å². The maximum Gasteiger partial charge on any atom is 0.364 e. The second-order valence-corrected chi connectivity index (χ2v) is 6.59. The fraction of sp³-hybridized carbons (Fsp3) is 0.100. The lowest BCUT2D eigenvalue weighted by molar-refractivity contribution is 0.0584. The molecule has 0 aliphatic rings. The Morgan fingerprint density at radius 2 is 1.09 bits per heavy atom. The number of carbonyl (C=O) groups is 2. The van der Waals surface area contributed by atoms with E-state index in [0.29, 0.717) is 10.8 Å². The molecule has 0 amide bonds. The van der Waals surface area contributed by atoms with E-state index in [4.69, 9.17) is 8.83 Å². The molecule has 0 saturated heterocycles. The summed E-state index contributed by atoms with van der Waals surface area (Å²) in [6.07, 6.45) is 0. The zero-order valence-electron chi connectivity index (χ0n) is 16.4. The average Bonchev–Trinajstić information content (AvgIpc) is 2.81. The van der Waals surface area contributed by atoms with E-state index in [1.165, 1.54) is 32.4 Å². The van der Waals surface area contributed by atoms with E-state index >= 15 is 0 Å². The average molecular weight is 434 g/mol. The standard InChI is InChI=1S/C20H10N4O8/c1-29-17(25)11-4-9-7-3-8-10-5-12(18(26)30-2)22-24-16(10)20(28)32-14(8)6-13(7)31-19(27)15(9)23-21-11/h3-6H,1-2H3. The van der Waals surface area contributed by atoms with Crippen LogP contribution in [-0.2, 0) is 9.47 Å². The minimum Gasteiger partial charge on any atom is -0.464 e. The lowest BCUT2D eigenvalue weighted by atomic mass is 10.1. The highest BCUT2D eigenvalue weighted by Gasteiger charge is 2.19. The van der Waals surface area contributed by atoms with E-state index in [-0.39, 0.29) is 44.4 Å². The van der Waals surface area contributed by atoms with Crippen LogP contribution in [0.3, 0.4) is 0 Å². The Balaban J connectivity index is 1.95. The van der Waals surface area contributed by atoms with Crippen LogP contribution in [0.25, 0.3) is 43.7 Å². The quantitative estimate of drug-likeness (QED) is 0.170. The molecule has 5 aromatic rings. The lowest BCUT2D eigenvalue weighted by Crippen LogP contribution is -2.10. The molecule has 5 rings (SSSR count). The minimum atomic E-state index is -0.794. The summed E-state index contributed by atoms with van der Waals surface area (Å²) in [4.78, 5) is 48.5. The Labute approximate surface area is 175 Å². The van der Waals surface area contributed by atoms with Gasteiger partial charge in [-0.2, -0.15) is 0 Å². The van der Waals surface area contributed by atoms with Gasteiger partial charge in [-0.1, -0.05) is 0 Å². The van der Waals surface area contributed by atoms with Crippen LogP contribution in [-0.4, -0.2) is 46.6 Å². The molecule has 0 fully saturated rings. The molecule has 158 valence electrons. The number of ether oxygens (including phenoxy) is 2. The summed E-state index contributed by atoms with van der Waals surface area (Å²) in [5.74, 6) is -1.48. The van der Waals surface area contributed by atoms with Gasteiger partial charge < -0.3 is 18.3 Å². The van der Waals surface area contributed by atoms with Crippen molar-refractivity contribution in [2.45, 2.75) is 0 Å². The van der Waals surface area contributed by atoms with E-state index in [2.05, 4.69) is 29.9 Å². The Morgan fingerprint density at radius 3 is 1.50 bits per heavy atom. The minimum absolute atomic E-state index is 0.0801. The van der Waals surface area contributed by atoms with Crippen LogP contribution in [0.4, 0.5) is 0 Å². The van der Waals surface area contributed by atoms with Crippen LogP contribution >= 0.6 is 0 Å². The molecular formula is C20H10N4O8. The predicted molar refractivity (Wildman–Crippen MR) is 107 cm³/mol. The van der Waals surface area contributed by atoms with Crippen LogP contribution in [0.2, 0.25) is 0 Å². The molecule has 12 nitrogen and oxygen atoms in total. The molecule has 0 radical (unpaired) electrons. The first-order valence-electron chi connectivity index (χ1n) is 8.96. The smallest absolute Gasteiger partial charge is 0.364 e. The molecule has 0 bridgehead atoms. The maximum atomic E-state index is 12.4. The van der Waals surface area contributed by atoms with Crippen molar-refractivity contribution in [1.82, 2.24) is 20.4 Å². The van der Waals surface area contributed by atoms with E-state index < -0.39 is 23.2 Å². The third kappa shape index (κ3) is 2.77. The summed E-state index contributed by atoms with van der Waals surface area (Å²) in [6, 6.07) is 5.61. The number of esters is 2. The third-order valence-electron chi connectivity index (χ3n) is 4.83. The molecule has 12 heteroatoms. The Morgan fingerprint density at radius 1 is 0.656 bits per heavy atom. The monoisotopic (exact) mass is 434 g/mol. The Hall–Kier alpha value is -4.74. The fourth-order valence-corrected chi connectivity index (χ4v) is 3.35. The van der Waals surface area contributed by atoms with E-state index in [9.17, 15) is 19.2 Å². The van der Waals surface area contributed by atoms with E-state index in [1.807, 2.05) is 0 Å². The topological polar surface area (TPSA) is 165 Å². The Kier molecular flexibility index (Phi) is 4.15. The first kappa shape index (κ1) is 19.2. The normalized spacial score (nSPS) is 11.3. The number of nitrogens with zero attached hydrogens (tertiary/aromatic N) is 4. The lowest BCUT2D eigenvalue weighted by Gasteiger charge is -2.07. The van der Waals surface area contributed by atoms with Crippen LogP contribution in [0.15, 0.2) is 42.7 Å². The molecule has 0 aliphatic carbocycles. The second-order valence-electron chi connectivity index (χ2n) is 6.59. The van der Waals surface area contributed by atoms with Crippen molar-refractivity contribution in [1.29, 1.82) is 0 Å². The van der Waals surface area contributed by atoms with Crippen molar-refractivity contribution in [3.63, 3.8) is 0 Å². The number of hydrogen-bond donors (Lipinski definition) is 0. The van der Waals surface area contributed by atoms with Gasteiger partial charge in [0, 0.05) is 27.6 Å². The van der Waals surface area contributed by atoms with Crippen LogP contribution in [0, 0.1) is 0 Å². The molecule has 4 heterocycles. The van der Waals surface area contributed by atoms with Gasteiger partial charge in [-0.3, -0.25) is 0 Å². The molecule has 32 heavy (non-hydrogen) atoms. The van der Waals surface area contributed by atoms with Gasteiger partial charge in [-0.15, -0.1) is 20.4 Å². The summed E-state index contributed by atoms with van der Waals surface area (Å²) in [5, 5.41) is 16.3. The van der Waals surface area contributed by atoms with Gasteiger partial charge in [0.15, 0.2) is 22.4 Å². The zero-order valence-corrected chi connectivity index (χ0v) is 16.4. The molecule has 0 N–H and O–H groups in total. The summed E-state index contributed by atoms with van der Waals surface area (Å²) in [6.45, 7) is 0. The molecule has 0 saturated carbocycles. The summed E-state index contributed by atoms with van der Waals surface area (Å²) >= 11 is 0. The molecule has 0 aliphatic heterocycles. The number of hydrogen-bond acceptors (Lipinski definition) is 12. The van der Waals surface area contributed by atoms with Gasteiger partial charge in [0.1, 0.15) is 11.2 Å². The highest BCUT2D eigenvalue weighted by molar-refractivity contribution is 6.14. The SMILES string of the molecule is COC(=O)c1cc2c(nn1)c(=O)oc1cc3oc(=O)c4nnc(C(=O)OC)cc4c3cc12. The molecule has 4 aromatic heterocycles. The maximum absolute atomic E-state index is 12.4. The molecule has 0 atom stereocenters. The van der Waals surface area contributed by atoms with E-state index in [0.717, 1.165) is 0 Å². The highest BCUT2D eigenvalue weighted by atomic mass is 16.5. The predicted octanol–water partition coefficient (Wildman–Crippen LogP) is 1.36. The molecule has 0 unspecified atom stereocenters. The van der Waals surface area contributed by atoms with Crippen molar-refractivity contribution < 1.29 is 27.9 Å². The molecular weight excluding hydrogens is 424 g/mol. The number of rotatable bonds is 2. The molecule has 0 spiro atoms. The van der Waals surface area contributed by atoms with Gasteiger partial charge >= 0.3 is 23.2 Å². The van der Waals surface area contributed by atoms with Crippen molar-refractivity contribution in [2.24, 2.45) is 0 Å². The third-order valence-corrected chi connectivity index (χ3v) is 4.83. The summed E-state index contributed by atoms with van der Waals surface area (Å²) in [7, 11) is 2.38. The first-order valence-corrected chi connectivity index (χ1v) is 8.96. The number of methoxy groups -OCH3 is 2. The van der Waals surface area contributed by atoms with Crippen molar-refractivity contribution in [3.05, 3.63) is 56.5 Å². The van der Waals surface area contributed by atoms with Crippen molar-refractivity contribution >= 4 is 55.7 Å². The van der Waals surface area contributed by atoms with Gasteiger partial charge in [0.05, 0.1) is 14.2 Å². The van der Waals surface area contributed by atoms with Crippen molar-refractivity contribution in [2.75, 3.05) is 14.2 Å².